The highest BCUT2D eigenvalue weighted by Gasteiger charge is 2.15. The number of thioether (sulfide) groups is 1. The first kappa shape index (κ1) is 18.5. The van der Waals surface area contributed by atoms with Crippen LogP contribution in [0.2, 0.25) is 0 Å². The van der Waals surface area contributed by atoms with Crippen molar-refractivity contribution < 1.29 is 4.79 Å². The maximum absolute atomic E-state index is 12.2. The van der Waals surface area contributed by atoms with E-state index in [1.54, 1.807) is 11.3 Å². The van der Waals surface area contributed by atoms with E-state index in [0.717, 1.165) is 16.9 Å². The van der Waals surface area contributed by atoms with Crippen LogP contribution in [0.3, 0.4) is 0 Å². The molecular formula is C18H21N5OS2. The zero-order valence-electron chi connectivity index (χ0n) is 14.7. The van der Waals surface area contributed by atoms with Crippen LogP contribution in [0.15, 0.2) is 46.9 Å². The molecular weight excluding hydrogens is 366 g/mol. The summed E-state index contributed by atoms with van der Waals surface area (Å²) >= 11 is 2.82. The molecule has 1 aromatic carbocycles. The minimum Gasteiger partial charge on any atom is -0.349 e. The van der Waals surface area contributed by atoms with Crippen molar-refractivity contribution in [1.82, 2.24) is 20.2 Å². The third-order valence-corrected chi connectivity index (χ3v) is 5.81. The molecule has 136 valence electrons. The molecule has 0 fully saturated rings. The Morgan fingerprint density at radius 1 is 1.31 bits per heavy atom. The van der Waals surface area contributed by atoms with Crippen molar-refractivity contribution in [2.75, 3.05) is 11.6 Å². The predicted molar refractivity (Wildman–Crippen MR) is 107 cm³/mol. The summed E-state index contributed by atoms with van der Waals surface area (Å²) in [7, 11) is 0. The average molecular weight is 388 g/mol. The Hall–Kier alpha value is -2.32. The van der Waals surface area contributed by atoms with Crippen LogP contribution in [-0.4, -0.2) is 26.5 Å². The summed E-state index contributed by atoms with van der Waals surface area (Å²) in [4.78, 5) is 13.2. The number of nitrogens with one attached hydrogen (secondary N) is 1. The molecule has 0 aliphatic rings. The first-order valence-electron chi connectivity index (χ1n) is 8.33. The molecule has 1 amide bonds. The number of nitrogens with zero attached hydrogens (tertiary/aromatic N) is 3. The molecule has 2 heterocycles. The number of hydrogen-bond donors (Lipinski definition) is 2. The van der Waals surface area contributed by atoms with E-state index in [-0.39, 0.29) is 17.7 Å². The van der Waals surface area contributed by atoms with Gasteiger partial charge in [0.25, 0.3) is 0 Å². The van der Waals surface area contributed by atoms with Crippen molar-refractivity contribution >= 4 is 29.0 Å². The Morgan fingerprint density at radius 3 is 2.73 bits per heavy atom. The number of aromatic nitrogens is 3. The molecule has 1 atom stereocenters. The summed E-state index contributed by atoms with van der Waals surface area (Å²) in [6, 6.07) is 12.1. The fourth-order valence-electron chi connectivity index (χ4n) is 2.49. The molecule has 26 heavy (non-hydrogen) atoms. The highest BCUT2D eigenvalue weighted by molar-refractivity contribution is 7.99. The smallest absolute Gasteiger partial charge is 0.230 e. The molecule has 0 spiro atoms. The van der Waals surface area contributed by atoms with Crippen molar-refractivity contribution in [3.63, 3.8) is 0 Å². The number of benzene rings is 1. The lowest BCUT2D eigenvalue weighted by atomic mass is 10.1. The molecule has 6 nitrogen and oxygen atoms in total. The Morgan fingerprint density at radius 2 is 2.08 bits per heavy atom. The molecule has 2 aromatic heterocycles. The van der Waals surface area contributed by atoms with Gasteiger partial charge in [0.1, 0.15) is 0 Å². The second-order valence-corrected chi connectivity index (χ2v) is 7.72. The molecule has 3 aromatic rings. The first-order chi connectivity index (χ1) is 12.6. The number of carbonyl (C=O) groups excluding carboxylic acids is 1. The van der Waals surface area contributed by atoms with E-state index in [1.165, 1.54) is 22.0 Å². The van der Waals surface area contributed by atoms with Crippen LogP contribution in [0.1, 0.15) is 31.0 Å². The maximum atomic E-state index is 12.2. The van der Waals surface area contributed by atoms with E-state index in [4.69, 9.17) is 5.84 Å². The van der Waals surface area contributed by atoms with E-state index in [0.29, 0.717) is 11.0 Å². The van der Waals surface area contributed by atoms with Gasteiger partial charge >= 0.3 is 0 Å². The van der Waals surface area contributed by atoms with Gasteiger partial charge in [-0.2, -0.15) is 0 Å². The zero-order chi connectivity index (χ0) is 18.5. The summed E-state index contributed by atoms with van der Waals surface area (Å²) in [5.74, 6) is 6.82. The normalized spacial score (nSPS) is 12.1. The number of amides is 1. The highest BCUT2D eigenvalue weighted by Crippen LogP contribution is 2.25. The fraction of sp³-hybridized carbons (Fsp3) is 0.278. The van der Waals surface area contributed by atoms with E-state index in [9.17, 15) is 4.79 Å². The second-order valence-electron chi connectivity index (χ2n) is 5.83. The van der Waals surface area contributed by atoms with Crippen LogP contribution in [0, 0.1) is 0 Å². The van der Waals surface area contributed by atoms with E-state index in [2.05, 4.69) is 46.7 Å². The molecule has 8 heteroatoms. The Bertz CT molecular complexity index is 858. The summed E-state index contributed by atoms with van der Waals surface area (Å²) < 4.78 is 1.43. The highest BCUT2D eigenvalue weighted by atomic mass is 32.2. The van der Waals surface area contributed by atoms with Crippen LogP contribution >= 0.6 is 23.1 Å². The summed E-state index contributed by atoms with van der Waals surface area (Å²) in [5.41, 5.74) is 2.37. The lowest BCUT2D eigenvalue weighted by Gasteiger charge is -2.14. The number of nitrogens with two attached hydrogens (primary N) is 1. The molecule has 0 radical (unpaired) electrons. The SMILES string of the molecule is CCc1ccc(C(C)NC(=O)CSc2nnc(-c3cccs3)n2N)cc1. The predicted octanol–water partition coefficient (Wildman–Crippen LogP) is 3.25. The third-order valence-electron chi connectivity index (χ3n) is 4.00. The number of rotatable bonds is 7. The molecule has 0 aliphatic heterocycles. The Balaban J connectivity index is 1.55. The van der Waals surface area contributed by atoms with Gasteiger partial charge < -0.3 is 11.2 Å². The third kappa shape index (κ3) is 4.25. The van der Waals surface area contributed by atoms with Crippen LogP contribution in [-0.2, 0) is 11.2 Å². The maximum Gasteiger partial charge on any atom is 0.230 e. The van der Waals surface area contributed by atoms with Crippen LogP contribution in [0.4, 0.5) is 0 Å². The number of hydrogen-bond acceptors (Lipinski definition) is 6. The van der Waals surface area contributed by atoms with Gasteiger partial charge in [0.05, 0.1) is 16.7 Å². The Labute approximate surface area is 160 Å². The van der Waals surface area contributed by atoms with E-state index in [1.807, 2.05) is 24.4 Å². The van der Waals surface area contributed by atoms with Gasteiger partial charge in [-0.3, -0.25) is 4.79 Å². The first-order valence-corrected chi connectivity index (χ1v) is 10.2. The van der Waals surface area contributed by atoms with Gasteiger partial charge in [0.2, 0.25) is 11.1 Å². The topological polar surface area (TPSA) is 85.8 Å². The quantitative estimate of drug-likeness (QED) is 0.480. The van der Waals surface area contributed by atoms with Gasteiger partial charge in [0.15, 0.2) is 5.82 Å². The number of thiophene rings is 1. The van der Waals surface area contributed by atoms with Crippen molar-refractivity contribution in [3.8, 4) is 10.7 Å². The monoisotopic (exact) mass is 387 g/mol. The van der Waals surface area contributed by atoms with Crippen LogP contribution in [0.5, 0.6) is 0 Å². The summed E-state index contributed by atoms with van der Waals surface area (Å²) in [5, 5.41) is 13.7. The lowest BCUT2D eigenvalue weighted by molar-refractivity contribution is -0.119. The molecule has 3 N–H and O–H groups in total. The van der Waals surface area contributed by atoms with Gasteiger partial charge in [-0.05, 0) is 35.9 Å². The number of carbonyl (C=O) groups is 1. The summed E-state index contributed by atoms with van der Waals surface area (Å²) in [6.07, 6.45) is 1.00. The molecule has 1 unspecified atom stereocenters. The molecule has 0 saturated heterocycles. The van der Waals surface area contributed by atoms with Gasteiger partial charge in [-0.25, -0.2) is 4.68 Å². The molecule has 0 saturated carbocycles. The second kappa shape index (κ2) is 8.37. The van der Waals surface area contributed by atoms with Crippen molar-refractivity contribution in [1.29, 1.82) is 0 Å². The van der Waals surface area contributed by atoms with Gasteiger partial charge in [-0.1, -0.05) is 49.0 Å². The van der Waals surface area contributed by atoms with Crippen LogP contribution in [0.25, 0.3) is 10.7 Å². The van der Waals surface area contributed by atoms with Crippen molar-refractivity contribution in [2.24, 2.45) is 0 Å². The number of nitrogen functional groups attached to an aromatic ring is 1. The molecule has 0 aliphatic carbocycles. The average Bonchev–Trinajstić information content (AvgIpc) is 3.29. The molecule has 0 bridgehead atoms. The summed E-state index contributed by atoms with van der Waals surface area (Å²) in [6.45, 7) is 4.10. The van der Waals surface area contributed by atoms with E-state index < -0.39 is 0 Å². The van der Waals surface area contributed by atoms with Crippen molar-refractivity contribution in [2.45, 2.75) is 31.5 Å². The minimum absolute atomic E-state index is 0.0496. The largest absolute Gasteiger partial charge is 0.349 e. The zero-order valence-corrected chi connectivity index (χ0v) is 16.3. The van der Waals surface area contributed by atoms with Gasteiger partial charge in [-0.15, -0.1) is 21.5 Å². The minimum atomic E-state index is -0.0669. The molecule has 3 rings (SSSR count). The van der Waals surface area contributed by atoms with Crippen LogP contribution < -0.4 is 11.2 Å². The van der Waals surface area contributed by atoms with E-state index >= 15 is 0 Å². The fourth-order valence-corrected chi connectivity index (χ4v) is 3.86. The lowest BCUT2D eigenvalue weighted by Crippen LogP contribution is -2.28. The standard InChI is InChI=1S/C18H21N5OS2/c1-3-13-6-8-14(9-7-13)12(2)20-16(24)11-26-18-22-21-17(23(18)19)15-5-4-10-25-15/h4-10,12H,3,11,19H2,1-2H3,(H,20,24). The Kier molecular flexibility index (Phi) is 5.95. The number of aryl methyl sites for hydroxylation is 1. The van der Waals surface area contributed by atoms with Crippen molar-refractivity contribution in [3.05, 3.63) is 52.9 Å². The van der Waals surface area contributed by atoms with Gasteiger partial charge in [0, 0.05) is 0 Å².